The van der Waals surface area contributed by atoms with E-state index in [9.17, 15) is 4.79 Å². The molecule has 0 aliphatic heterocycles. The fraction of sp³-hybridized carbons (Fsp3) is 0.167. The maximum atomic E-state index is 12.8. The van der Waals surface area contributed by atoms with Crippen molar-refractivity contribution in [1.29, 1.82) is 0 Å². The molecule has 0 saturated carbocycles. The fourth-order valence-electron chi connectivity index (χ4n) is 3.23. The molecule has 0 amide bonds. The predicted octanol–water partition coefficient (Wildman–Crippen LogP) is 3.28. The molecule has 0 fully saturated rings. The van der Waals surface area contributed by atoms with Crippen LogP contribution >= 0.6 is 11.6 Å². The second-order valence-corrected chi connectivity index (χ2v) is 6.32. The summed E-state index contributed by atoms with van der Waals surface area (Å²) in [6.45, 7) is 1.89. The van der Waals surface area contributed by atoms with E-state index in [2.05, 4.69) is 15.3 Å². The second-order valence-electron chi connectivity index (χ2n) is 5.88. The number of benzene rings is 1. The summed E-state index contributed by atoms with van der Waals surface area (Å²) in [7, 11) is 3.70. The van der Waals surface area contributed by atoms with Gasteiger partial charge in [0.25, 0.3) is 0 Å². The molecule has 0 unspecified atom stereocenters. The van der Waals surface area contributed by atoms with Gasteiger partial charge in [-0.25, -0.2) is 14.3 Å². The maximum Gasteiger partial charge on any atom is 0.355 e. The van der Waals surface area contributed by atoms with Crippen LogP contribution in [0.25, 0.3) is 27.8 Å². The third-order valence-corrected chi connectivity index (χ3v) is 4.56. The van der Waals surface area contributed by atoms with E-state index in [-0.39, 0.29) is 5.69 Å². The van der Waals surface area contributed by atoms with Gasteiger partial charge in [-0.2, -0.15) is 4.98 Å². The van der Waals surface area contributed by atoms with Crippen molar-refractivity contribution in [3.63, 3.8) is 0 Å². The van der Waals surface area contributed by atoms with Gasteiger partial charge in [-0.05, 0) is 37.3 Å². The highest BCUT2D eigenvalue weighted by atomic mass is 35.5. The molecule has 0 radical (unpaired) electrons. The summed E-state index contributed by atoms with van der Waals surface area (Å²) in [5, 5.41) is 4.51. The van der Waals surface area contributed by atoms with E-state index in [1.807, 2.05) is 48.9 Å². The number of nitrogens with one attached hydrogen (secondary N) is 1. The van der Waals surface area contributed by atoms with Crippen LogP contribution in [0, 0.1) is 6.92 Å². The van der Waals surface area contributed by atoms with Gasteiger partial charge in [-0.1, -0.05) is 17.7 Å². The van der Waals surface area contributed by atoms with Crippen LogP contribution in [-0.4, -0.2) is 26.1 Å². The lowest BCUT2D eigenvalue weighted by atomic mass is 10.2. The smallest absolute Gasteiger partial charge is 0.355 e. The maximum absolute atomic E-state index is 12.8. The monoisotopic (exact) mass is 353 g/mol. The van der Waals surface area contributed by atoms with Crippen LogP contribution < -0.4 is 11.0 Å². The van der Waals surface area contributed by atoms with Crippen molar-refractivity contribution >= 4 is 39.4 Å². The Morgan fingerprint density at radius 2 is 1.92 bits per heavy atom. The summed E-state index contributed by atoms with van der Waals surface area (Å²) in [6.07, 6.45) is 0. The van der Waals surface area contributed by atoms with Crippen LogP contribution in [0.2, 0.25) is 5.02 Å². The molecule has 3 heterocycles. The number of hydrogen-bond acceptors (Lipinski definition) is 4. The van der Waals surface area contributed by atoms with E-state index in [4.69, 9.17) is 11.6 Å². The van der Waals surface area contributed by atoms with E-state index in [1.54, 1.807) is 17.7 Å². The van der Waals surface area contributed by atoms with Crippen molar-refractivity contribution in [3.05, 3.63) is 57.6 Å². The number of anilines is 1. The van der Waals surface area contributed by atoms with Gasteiger partial charge in [0, 0.05) is 30.2 Å². The molecule has 1 N–H and O–H groups in total. The van der Waals surface area contributed by atoms with Crippen LogP contribution in [0.3, 0.4) is 0 Å². The zero-order valence-corrected chi connectivity index (χ0v) is 14.8. The second kappa shape index (κ2) is 5.60. The van der Waals surface area contributed by atoms with Crippen LogP contribution in [-0.2, 0) is 7.05 Å². The van der Waals surface area contributed by atoms with Gasteiger partial charge in [-0.3, -0.25) is 0 Å². The summed E-state index contributed by atoms with van der Waals surface area (Å²) in [4.78, 5) is 21.5. The summed E-state index contributed by atoms with van der Waals surface area (Å²) in [5.74, 6) is 1.07. The van der Waals surface area contributed by atoms with Gasteiger partial charge in [-0.15, -0.1) is 0 Å². The van der Waals surface area contributed by atoms with E-state index in [1.165, 1.54) is 0 Å². The highest BCUT2D eigenvalue weighted by molar-refractivity contribution is 6.31. The average Bonchev–Trinajstić information content (AvgIpc) is 2.86. The highest BCUT2D eigenvalue weighted by Gasteiger charge is 2.20. The third kappa shape index (κ3) is 2.29. The number of nitrogens with zero attached hydrogens (tertiary/aromatic N) is 4. The minimum Gasteiger partial charge on any atom is -0.371 e. The molecule has 0 atom stereocenters. The minimum atomic E-state index is -0.387. The van der Waals surface area contributed by atoms with Crippen LogP contribution in [0.1, 0.15) is 5.69 Å². The number of aromatic nitrogens is 4. The molecule has 4 aromatic rings. The van der Waals surface area contributed by atoms with Crippen LogP contribution in [0.5, 0.6) is 0 Å². The molecular formula is C18H16ClN5O. The number of fused-ring (bicyclic) bond motifs is 3. The van der Waals surface area contributed by atoms with E-state index in [0.717, 1.165) is 27.6 Å². The van der Waals surface area contributed by atoms with Gasteiger partial charge in [0.1, 0.15) is 11.3 Å². The minimum absolute atomic E-state index is 0.387. The molecule has 0 aliphatic rings. The van der Waals surface area contributed by atoms with Crippen molar-refractivity contribution < 1.29 is 0 Å². The molecule has 6 nitrogen and oxygen atoms in total. The lowest BCUT2D eigenvalue weighted by molar-refractivity contribution is 0.907. The Labute approximate surface area is 148 Å². The Morgan fingerprint density at radius 3 is 2.64 bits per heavy atom. The summed E-state index contributed by atoms with van der Waals surface area (Å²) in [5.41, 5.74) is 2.96. The Bertz CT molecular complexity index is 1190. The molecule has 0 spiro atoms. The quantitative estimate of drug-likeness (QED) is 0.600. The molecular weight excluding hydrogens is 338 g/mol. The third-order valence-electron chi connectivity index (χ3n) is 4.32. The fourth-order valence-corrected chi connectivity index (χ4v) is 3.40. The molecule has 3 aromatic heterocycles. The van der Waals surface area contributed by atoms with Gasteiger partial charge < -0.3 is 9.88 Å². The number of halogens is 1. The van der Waals surface area contributed by atoms with Crippen LogP contribution in [0.15, 0.2) is 41.2 Å². The first-order valence-corrected chi connectivity index (χ1v) is 8.21. The topological polar surface area (TPSA) is 64.7 Å². The normalized spacial score (nSPS) is 11.4. The Hall–Kier alpha value is -2.86. The van der Waals surface area contributed by atoms with Gasteiger partial charge >= 0.3 is 5.69 Å². The van der Waals surface area contributed by atoms with E-state index in [0.29, 0.717) is 16.7 Å². The SMILES string of the molecule is CNc1nc(=O)n(-c2cccc(C)n2)c2c3cc(Cl)ccc3n(C)c12. The first-order chi connectivity index (χ1) is 12.0. The van der Waals surface area contributed by atoms with Gasteiger partial charge in [0.05, 0.1) is 11.0 Å². The van der Waals surface area contributed by atoms with Gasteiger partial charge in [0.15, 0.2) is 5.82 Å². The Kier molecular flexibility index (Phi) is 3.51. The number of rotatable bonds is 2. The standard InChI is InChI=1S/C18H16ClN5O/c1-10-5-4-6-14(21-10)24-15-12-9-11(19)7-8-13(12)23(3)16(15)17(20-2)22-18(24)25/h4-9H,1-3H3,(H,20,22,25). The zero-order chi connectivity index (χ0) is 17.7. The molecule has 25 heavy (non-hydrogen) atoms. The van der Waals surface area contributed by atoms with Crippen molar-refractivity contribution in [2.45, 2.75) is 6.92 Å². The molecule has 4 rings (SSSR count). The number of pyridine rings is 1. The Balaban J connectivity index is 2.29. The first kappa shape index (κ1) is 15.7. The number of hydrogen-bond donors (Lipinski definition) is 1. The molecule has 0 saturated heterocycles. The average molecular weight is 354 g/mol. The summed E-state index contributed by atoms with van der Waals surface area (Å²) < 4.78 is 3.55. The zero-order valence-electron chi connectivity index (χ0n) is 14.0. The summed E-state index contributed by atoms with van der Waals surface area (Å²) >= 11 is 6.22. The molecule has 0 bridgehead atoms. The van der Waals surface area contributed by atoms with E-state index < -0.39 is 0 Å². The number of aryl methyl sites for hydroxylation is 2. The van der Waals surface area contributed by atoms with Crippen molar-refractivity contribution in [2.75, 3.05) is 12.4 Å². The molecule has 0 aliphatic carbocycles. The van der Waals surface area contributed by atoms with E-state index >= 15 is 0 Å². The Morgan fingerprint density at radius 1 is 1.12 bits per heavy atom. The summed E-state index contributed by atoms with van der Waals surface area (Å²) in [6, 6.07) is 11.2. The lowest BCUT2D eigenvalue weighted by Gasteiger charge is -2.10. The molecule has 126 valence electrons. The largest absolute Gasteiger partial charge is 0.371 e. The predicted molar refractivity (Wildman–Crippen MR) is 101 cm³/mol. The molecule has 7 heteroatoms. The van der Waals surface area contributed by atoms with Crippen molar-refractivity contribution in [1.82, 2.24) is 19.1 Å². The van der Waals surface area contributed by atoms with Crippen LogP contribution in [0.4, 0.5) is 5.82 Å². The van der Waals surface area contributed by atoms with Crippen molar-refractivity contribution in [3.8, 4) is 5.82 Å². The van der Waals surface area contributed by atoms with Gasteiger partial charge in [0.2, 0.25) is 0 Å². The van der Waals surface area contributed by atoms with Crippen molar-refractivity contribution in [2.24, 2.45) is 7.05 Å². The highest BCUT2D eigenvalue weighted by Crippen LogP contribution is 2.33. The molecule has 1 aromatic carbocycles. The lowest BCUT2D eigenvalue weighted by Crippen LogP contribution is -2.24. The first-order valence-electron chi connectivity index (χ1n) is 7.83.